The molecule has 2 amide bonds. The van der Waals surface area contributed by atoms with Crippen LogP contribution in [0.4, 0.5) is 0 Å². The van der Waals surface area contributed by atoms with Gasteiger partial charge in [0.05, 0.1) is 11.5 Å². The van der Waals surface area contributed by atoms with Crippen LogP contribution in [0.3, 0.4) is 0 Å². The number of nitrogens with zero attached hydrogens (tertiary/aromatic N) is 1. The second-order valence-electron chi connectivity index (χ2n) is 6.12. The van der Waals surface area contributed by atoms with Gasteiger partial charge in [-0.3, -0.25) is 9.59 Å². The molecular weight excluding hydrogens is 292 g/mol. The Bertz CT molecular complexity index is 483. The maximum Gasteiger partial charge on any atom is 0.244 e. The van der Waals surface area contributed by atoms with Crippen molar-refractivity contribution in [3.63, 3.8) is 0 Å². The van der Waals surface area contributed by atoms with Crippen molar-refractivity contribution in [2.24, 2.45) is 5.92 Å². The summed E-state index contributed by atoms with van der Waals surface area (Å²) in [4.78, 5) is 25.6. The molecule has 0 radical (unpaired) electrons. The van der Waals surface area contributed by atoms with Crippen molar-refractivity contribution in [3.8, 4) is 0 Å². The Morgan fingerprint density at radius 1 is 1.19 bits per heavy atom. The Labute approximate surface area is 126 Å². The number of amides is 2. The van der Waals surface area contributed by atoms with E-state index < -0.39 is 15.9 Å². The highest BCUT2D eigenvalue weighted by Crippen LogP contribution is 2.27. The van der Waals surface area contributed by atoms with E-state index in [2.05, 4.69) is 5.32 Å². The molecule has 2 rings (SSSR count). The van der Waals surface area contributed by atoms with E-state index >= 15 is 0 Å². The average molecular weight is 316 g/mol. The number of hydrogen-bond donors (Lipinski definition) is 1. The van der Waals surface area contributed by atoms with Crippen molar-refractivity contribution in [1.29, 1.82) is 0 Å². The summed E-state index contributed by atoms with van der Waals surface area (Å²) >= 11 is 0. The third-order valence-electron chi connectivity index (χ3n) is 4.35. The van der Waals surface area contributed by atoms with Gasteiger partial charge in [0.1, 0.15) is 6.04 Å². The van der Waals surface area contributed by atoms with Crippen LogP contribution in [0.2, 0.25) is 0 Å². The van der Waals surface area contributed by atoms with Gasteiger partial charge in [0.15, 0.2) is 9.84 Å². The van der Waals surface area contributed by atoms with Crippen LogP contribution >= 0.6 is 0 Å². The fraction of sp³-hybridized carbons (Fsp3) is 0.857. The summed E-state index contributed by atoms with van der Waals surface area (Å²) in [6.07, 6.45) is 5.06. The number of nitrogens with one attached hydrogen (secondary N) is 1. The van der Waals surface area contributed by atoms with Crippen LogP contribution in [0.25, 0.3) is 0 Å². The highest BCUT2D eigenvalue weighted by Gasteiger charge is 2.29. The van der Waals surface area contributed by atoms with Gasteiger partial charge in [-0.05, 0) is 25.7 Å². The van der Waals surface area contributed by atoms with Crippen LogP contribution in [-0.2, 0) is 19.4 Å². The molecule has 6 nitrogen and oxygen atoms in total. The molecule has 0 aromatic carbocycles. The zero-order chi connectivity index (χ0) is 15.5. The van der Waals surface area contributed by atoms with E-state index in [1.54, 1.807) is 6.92 Å². The van der Waals surface area contributed by atoms with Crippen molar-refractivity contribution in [1.82, 2.24) is 10.2 Å². The van der Waals surface area contributed by atoms with E-state index in [1.807, 2.05) is 0 Å². The van der Waals surface area contributed by atoms with Gasteiger partial charge in [0.2, 0.25) is 11.8 Å². The van der Waals surface area contributed by atoms with Crippen molar-refractivity contribution in [2.75, 3.05) is 24.6 Å². The first-order chi connectivity index (χ1) is 9.87. The molecule has 2 aliphatic rings. The molecule has 0 aromatic rings. The number of hydrogen-bond acceptors (Lipinski definition) is 4. The lowest BCUT2D eigenvalue weighted by atomic mass is 10.0. The third-order valence-corrected chi connectivity index (χ3v) is 5.96. The predicted molar refractivity (Wildman–Crippen MR) is 79.4 cm³/mol. The Kier molecular flexibility index (Phi) is 5.24. The molecule has 1 atom stereocenters. The zero-order valence-corrected chi connectivity index (χ0v) is 13.3. The van der Waals surface area contributed by atoms with Gasteiger partial charge in [-0.2, -0.15) is 0 Å². The highest BCUT2D eigenvalue weighted by molar-refractivity contribution is 7.91. The van der Waals surface area contributed by atoms with Crippen molar-refractivity contribution in [2.45, 2.75) is 45.1 Å². The Balaban J connectivity index is 1.78. The van der Waals surface area contributed by atoms with E-state index in [-0.39, 0.29) is 36.4 Å². The van der Waals surface area contributed by atoms with Gasteiger partial charge < -0.3 is 10.2 Å². The largest absolute Gasteiger partial charge is 0.345 e. The van der Waals surface area contributed by atoms with E-state index in [0.717, 1.165) is 12.8 Å². The van der Waals surface area contributed by atoms with E-state index in [9.17, 15) is 18.0 Å². The van der Waals surface area contributed by atoms with E-state index in [4.69, 9.17) is 0 Å². The molecule has 0 spiro atoms. The Morgan fingerprint density at radius 3 is 2.33 bits per heavy atom. The molecule has 120 valence electrons. The first kappa shape index (κ1) is 16.3. The summed E-state index contributed by atoms with van der Waals surface area (Å²) in [6.45, 7) is 2.12. The summed E-state index contributed by atoms with van der Waals surface area (Å²) in [6, 6.07) is -0.584. The first-order valence-corrected chi connectivity index (χ1v) is 9.48. The first-order valence-electron chi connectivity index (χ1n) is 7.66. The minimum atomic E-state index is -2.99. The molecule has 2 fully saturated rings. The lowest BCUT2D eigenvalue weighted by molar-refractivity contribution is -0.135. The lowest BCUT2D eigenvalue weighted by Crippen LogP contribution is -2.51. The van der Waals surface area contributed by atoms with Gasteiger partial charge in [0, 0.05) is 19.5 Å². The Hall–Kier alpha value is -1.11. The standard InChI is InChI=1S/C14H24N2O4S/c1-11(15-13(17)10-12-4-2-3-5-12)14(18)16-6-8-21(19,20)9-7-16/h11-12H,2-10H2,1H3,(H,15,17). The molecule has 1 N–H and O–H groups in total. The summed E-state index contributed by atoms with van der Waals surface area (Å²) in [7, 11) is -2.99. The minimum absolute atomic E-state index is 0.0154. The van der Waals surface area contributed by atoms with Gasteiger partial charge in [0.25, 0.3) is 0 Å². The van der Waals surface area contributed by atoms with E-state index in [0.29, 0.717) is 12.3 Å². The summed E-state index contributed by atoms with van der Waals surface area (Å²) in [5.41, 5.74) is 0. The molecule has 1 saturated heterocycles. The second kappa shape index (κ2) is 6.77. The van der Waals surface area contributed by atoms with Crippen LogP contribution in [0.1, 0.15) is 39.0 Å². The maximum absolute atomic E-state index is 12.2. The molecule has 1 saturated carbocycles. The number of carbonyl (C=O) groups excluding carboxylic acids is 2. The summed E-state index contributed by atoms with van der Waals surface area (Å²) in [5, 5.41) is 2.74. The van der Waals surface area contributed by atoms with Gasteiger partial charge in [-0.25, -0.2) is 8.42 Å². The molecule has 7 heteroatoms. The lowest BCUT2D eigenvalue weighted by Gasteiger charge is -2.29. The zero-order valence-electron chi connectivity index (χ0n) is 12.5. The summed E-state index contributed by atoms with van der Waals surface area (Å²) < 4.78 is 22.7. The predicted octanol–water partition coefficient (Wildman–Crippen LogP) is 0.328. The molecule has 1 aliphatic heterocycles. The van der Waals surface area contributed by atoms with Gasteiger partial charge >= 0.3 is 0 Å². The van der Waals surface area contributed by atoms with Crippen LogP contribution in [0.15, 0.2) is 0 Å². The molecule has 1 unspecified atom stereocenters. The normalized spacial score (nSPS) is 23.8. The molecular formula is C14H24N2O4S. The van der Waals surface area contributed by atoms with Crippen LogP contribution in [0, 0.1) is 5.92 Å². The Morgan fingerprint density at radius 2 is 1.76 bits per heavy atom. The molecule has 0 bridgehead atoms. The number of carbonyl (C=O) groups is 2. The average Bonchev–Trinajstić information content (AvgIpc) is 2.90. The quantitative estimate of drug-likeness (QED) is 0.810. The smallest absolute Gasteiger partial charge is 0.244 e. The fourth-order valence-electron chi connectivity index (χ4n) is 3.05. The third kappa shape index (κ3) is 4.69. The van der Waals surface area contributed by atoms with Gasteiger partial charge in [-0.1, -0.05) is 12.8 Å². The minimum Gasteiger partial charge on any atom is -0.345 e. The van der Waals surface area contributed by atoms with Crippen LogP contribution < -0.4 is 5.32 Å². The molecule has 21 heavy (non-hydrogen) atoms. The second-order valence-corrected chi connectivity index (χ2v) is 8.42. The topological polar surface area (TPSA) is 83.6 Å². The highest BCUT2D eigenvalue weighted by atomic mass is 32.2. The molecule has 1 heterocycles. The monoisotopic (exact) mass is 316 g/mol. The number of sulfone groups is 1. The molecule has 1 aliphatic carbocycles. The van der Waals surface area contributed by atoms with Crippen molar-refractivity contribution in [3.05, 3.63) is 0 Å². The SMILES string of the molecule is CC(NC(=O)CC1CCCC1)C(=O)N1CCS(=O)(=O)CC1. The van der Waals surface area contributed by atoms with Crippen molar-refractivity contribution >= 4 is 21.7 Å². The van der Waals surface area contributed by atoms with Crippen LogP contribution in [0.5, 0.6) is 0 Å². The fourth-order valence-corrected chi connectivity index (χ4v) is 4.25. The van der Waals surface area contributed by atoms with Crippen molar-refractivity contribution < 1.29 is 18.0 Å². The molecule has 0 aromatic heterocycles. The van der Waals surface area contributed by atoms with Crippen LogP contribution in [-0.4, -0.2) is 55.8 Å². The van der Waals surface area contributed by atoms with Gasteiger partial charge in [-0.15, -0.1) is 0 Å². The number of rotatable bonds is 4. The van der Waals surface area contributed by atoms with E-state index in [1.165, 1.54) is 17.7 Å². The summed E-state index contributed by atoms with van der Waals surface area (Å²) in [5.74, 6) is 0.215. The maximum atomic E-state index is 12.2.